The van der Waals surface area contributed by atoms with Crippen LogP contribution in [0.3, 0.4) is 0 Å². The molecule has 2 aromatic heterocycles. The van der Waals surface area contributed by atoms with Crippen LogP contribution < -0.4 is 4.74 Å². The van der Waals surface area contributed by atoms with Crippen molar-refractivity contribution < 1.29 is 4.74 Å². The van der Waals surface area contributed by atoms with E-state index < -0.39 is 0 Å². The number of benzene rings is 2. The molecule has 6 heteroatoms. The van der Waals surface area contributed by atoms with Gasteiger partial charge in [-0.05, 0) is 41.8 Å². The second kappa shape index (κ2) is 6.79. The Morgan fingerprint density at radius 2 is 1.85 bits per heavy atom. The lowest BCUT2D eigenvalue weighted by Gasteiger charge is -2.28. The molecular weight excluding hydrogens is 356 g/mol. The quantitative estimate of drug-likeness (QED) is 0.539. The largest absolute Gasteiger partial charge is 0.497 e. The Labute approximate surface area is 161 Å². The Kier molecular flexibility index (Phi) is 4.14. The second-order valence-corrected chi connectivity index (χ2v) is 7.93. The molecule has 0 radical (unpaired) electrons. The number of hydrogen-bond donors (Lipinski definition) is 0. The van der Waals surface area contributed by atoms with Gasteiger partial charge in [0.25, 0.3) is 0 Å². The molecule has 1 aliphatic heterocycles. The van der Waals surface area contributed by atoms with Crippen LogP contribution in [0.2, 0.25) is 0 Å². The van der Waals surface area contributed by atoms with Gasteiger partial charge in [0, 0.05) is 36.3 Å². The Morgan fingerprint density at radius 3 is 2.67 bits per heavy atom. The van der Waals surface area contributed by atoms with Crippen molar-refractivity contribution in [2.45, 2.75) is 19.5 Å². The highest BCUT2D eigenvalue weighted by Crippen LogP contribution is 2.27. The van der Waals surface area contributed by atoms with Gasteiger partial charge >= 0.3 is 0 Å². The summed E-state index contributed by atoms with van der Waals surface area (Å²) in [6.45, 7) is 3.06. The fraction of sp³-hybridized carbons (Fsp3) is 0.238. The first kappa shape index (κ1) is 16.5. The van der Waals surface area contributed by atoms with Crippen LogP contribution in [-0.4, -0.2) is 33.2 Å². The van der Waals surface area contributed by atoms with Crippen molar-refractivity contribution in [3.8, 4) is 17.1 Å². The van der Waals surface area contributed by atoms with E-state index in [-0.39, 0.29) is 0 Å². The molecule has 0 atom stereocenters. The monoisotopic (exact) mass is 376 g/mol. The summed E-state index contributed by atoms with van der Waals surface area (Å²) in [6.07, 6.45) is 3.30. The standard InChI is InChI=1S/C21H20N4OS/c1-26-18-8-6-16(7-9-18)20-22-23-21-25(20)14-19(27-21)13-24-11-10-15-4-2-3-5-17(15)12-24/h2-9,14H,10-13H2,1H3. The van der Waals surface area contributed by atoms with Crippen molar-refractivity contribution in [3.63, 3.8) is 0 Å². The fourth-order valence-electron chi connectivity index (χ4n) is 3.67. The molecule has 0 unspecified atom stereocenters. The average Bonchev–Trinajstić information content (AvgIpc) is 3.28. The van der Waals surface area contributed by atoms with Crippen molar-refractivity contribution in [2.75, 3.05) is 13.7 Å². The maximum atomic E-state index is 5.24. The summed E-state index contributed by atoms with van der Waals surface area (Å²) in [6, 6.07) is 16.7. The van der Waals surface area contributed by atoms with E-state index in [9.17, 15) is 0 Å². The van der Waals surface area contributed by atoms with Crippen LogP contribution in [0.25, 0.3) is 16.3 Å². The zero-order valence-electron chi connectivity index (χ0n) is 15.1. The SMILES string of the molecule is COc1ccc(-c2nnc3sc(CN4CCc5ccccc5C4)cn23)cc1. The zero-order chi connectivity index (χ0) is 18.2. The van der Waals surface area contributed by atoms with Gasteiger partial charge in [0.15, 0.2) is 5.82 Å². The molecule has 27 heavy (non-hydrogen) atoms. The molecule has 1 aliphatic rings. The van der Waals surface area contributed by atoms with Crippen LogP contribution in [0.1, 0.15) is 16.0 Å². The summed E-state index contributed by atoms with van der Waals surface area (Å²) < 4.78 is 7.34. The lowest BCUT2D eigenvalue weighted by atomic mass is 10.00. The first-order valence-electron chi connectivity index (χ1n) is 9.07. The van der Waals surface area contributed by atoms with Gasteiger partial charge in [-0.2, -0.15) is 0 Å². The van der Waals surface area contributed by atoms with E-state index in [1.165, 1.54) is 16.0 Å². The molecule has 0 fully saturated rings. The number of rotatable bonds is 4. The van der Waals surface area contributed by atoms with Crippen molar-refractivity contribution in [3.05, 3.63) is 70.7 Å². The molecule has 5 nitrogen and oxygen atoms in total. The van der Waals surface area contributed by atoms with E-state index in [2.05, 4.69) is 50.0 Å². The summed E-state index contributed by atoms with van der Waals surface area (Å²) in [4.78, 5) is 4.76. The molecule has 4 aromatic rings. The van der Waals surface area contributed by atoms with Gasteiger partial charge in [-0.25, -0.2) is 0 Å². The van der Waals surface area contributed by atoms with Crippen molar-refractivity contribution in [1.29, 1.82) is 0 Å². The maximum Gasteiger partial charge on any atom is 0.216 e. The number of methoxy groups -OCH3 is 1. The third-order valence-electron chi connectivity index (χ3n) is 5.10. The first-order valence-corrected chi connectivity index (χ1v) is 9.89. The predicted molar refractivity (Wildman–Crippen MR) is 107 cm³/mol. The van der Waals surface area contributed by atoms with E-state index in [0.29, 0.717) is 0 Å². The molecule has 0 saturated carbocycles. The molecule has 3 heterocycles. The average molecular weight is 376 g/mol. The first-order chi connectivity index (χ1) is 13.3. The van der Waals surface area contributed by atoms with Crippen molar-refractivity contribution >= 4 is 16.3 Å². The van der Waals surface area contributed by atoms with Crippen LogP contribution in [-0.2, 0) is 19.5 Å². The second-order valence-electron chi connectivity index (χ2n) is 6.83. The van der Waals surface area contributed by atoms with Crippen LogP contribution in [0.5, 0.6) is 5.75 Å². The van der Waals surface area contributed by atoms with E-state index in [4.69, 9.17) is 4.74 Å². The minimum absolute atomic E-state index is 0.843. The molecule has 0 aliphatic carbocycles. The number of hydrogen-bond acceptors (Lipinski definition) is 5. The fourth-order valence-corrected chi connectivity index (χ4v) is 4.63. The normalized spacial score (nSPS) is 14.4. The van der Waals surface area contributed by atoms with Crippen molar-refractivity contribution in [2.24, 2.45) is 0 Å². The number of aromatic nitrogens is 3. The molecule has 0 saturated heterocycles. The van der Waals surface area contributed by atoms with E-state index >= 15 is 0 Å². The summed E-state index contributed by atoms with van der Waals surface area (Å²) in [5, 5.41) is 8.74. The lowest BCUT2D eigenvalue weighted by molar-refractivity contribution is 0.247. The minimum Gasteiger partial charge on any atom is -0.497 e. The molecule has 0 spiro atoms. The third kappa shape index (κ3) is 3.11. The Balaban J connectivity index is 1.38. The smallest absolute Gasteiger partial charge is 0.216 e. The Hall–Kier alpha value is -2.70. The number of fused-ring (bicyclic) bond motifs is 2. The van der Waals surface area contributed by atoms with Crippen LogP contribution in [0, 0.1) is 0 Å². The van der Waals surface area contributed by atoms with Crippen LogP contribution >= 0.6 is 11.3 Å². The summed E-state index contributed by atoms with van der Waals surface area (Å²) in [5.74, 6) is 1.72. The van der Waals surface area contributed by atoms with Crippen LogP contribution in [0.15, 0.2) is 54.7 Å². The van der Waals surface area contributed by atoms with E-state index in [1.807, 2.05) is 24.3 Å². The maximum absolute atomic E-state index is 5.24. The molecule has 0 amide bonds. The van der Waals surface area contributed by atoms with Gasteiger partial charge in [-0.15, -0.1) is 10.2 Å². The highest BCUT2D eigenvalue weighted by atomic mass is 32.1. The van der Waals surface area contributed by atoms with Gasteiger partial charge in [0.2, 0.25) is 4.96 Å². The summed E-state index contributed by atoms with van der Waals surface area (Å²) >= 11 is 1.72. The lowest BCUT2D eigenvalue weighted by Crippen LogP contribution is -2.29. The van der Waals surface area contributed by atoms with E-state index in [1.54, 1.807) is 18.4 Å². The molecule has 0 N–H and O–H groups in total. The Bertz CT molecular complexity index is 1080. The number of ether oxygens (including phenoxy) is 1. The number of thiazole rings is 1. The zero-order valence-corrected chi connectivity index (χ0v) is 15.9. The molecule has 2 aromatic carbocycles. The van der Waals surface area contributed by atoms with E-state index in [0.717, 1.165) is 48.2 Å². The molecule has 0 bridgehead atoms. The highest BCUT2D eigenvalue weighted by Gasteiger charge is 2.18. The van der Waals surface area contributed by atoms with Crippen LogP contribution in [0.4, 0.5) is 0 Å². The van der Waals surface area contributed by atoms with Gasteiger partial charge in [-0.1, -0.05) is 35.6 Å². The topological polar surface area (TPSA) is 42.7 Å². The Morgan fingerprint density at radius 1 is 1.04 bits per heavy atom. The summed E-state index contributed by atoms with van der Waals surface area (Å²) in [5.41, 5.74) is 3.98. The van der Waals surface area contributed by atoms with Crippen molar-refractivity contribution in [1.82, 2.24) is 19.5 Å². The van der Waals surface area contributed by atoms with Gasteiger partial charge in [-0.3, -0.25) is 9.30 Å². The van der Waals surface area contributed by atoms with Gasteiger partial charge < -0.3 is 4.74 Å². The van der Waals surface area contributed by atoms with Gasteiger partial charge in [0.1, 0.15) is 5.75 Å². The molecule has 136 valence electrons. The van der Waals surface area contributed by atoms with Gasteiger partial charge in [0.05, 0.1) is 7.11 Å². The molecule has 5 rings (SSSR count). The third-order valence-corrected chi connectivity index (χ3v) is 6.05. The minimum atomic E-state index is 0.843. The number of nitrogens with zero attached hydrogens (tertiary/aromatic N) is 4. The highest BCUT2D eigenvalue weighted by molar-refractivity contribution is 7.17. The summed E-state index contributed by atoms with van der Waals surface area (Å²) in [7, 11) is 1.68. The molecular formula is C21H20N4OS. The predicted octanol–water partition coefficient (Wildman–Crippen LogP) is 4.02.